The third-order valence-corrected chi connectivity index (χ3v) is 1.92. The highest BCUT2D eigenvalue weighted by molar-refractivity contribution is 4.80. The normalized spacial score (nSPS) is 19.3. The van der Waals surface area contributed by atoms with Crippen LogP contribution in [0.4, 0.5) is 30.7 Å². The van der Waals surface area contributed by atoms with Crippen LogP contribution in [0.25, 0.3) is 0 Å². The van der Waals surface area contributed by atoms with Crippen LogP contribution in [0.15, 0.2) is 0 Å². The van der Waals surface area contributed by atoms with Gasteiger partial charge in [-0.1, -0.05) is 0 Å². The SMILES string of the molecule is CC(F)C(F)(F)C(C)OCC(F)C(F)(F)F. The molecule has 0 aliphatic heterocycles. The number of rotatable bonds is 5. The molecule has 0 N–H and O–H groups in total. The summed E-state index contributed by atoms with van der Waals surface area (Å²) < 4.78 is 89.1. The van der Waals surface area contributed by atoms with Crippen LogP contribution in [-0.2, 0) is 4.74 Å². The van der Waals surface area contributed by atoms with Gasteiger partial charge in [-0.15, -0.1) is 0 Å². The first-order valence-electron chi connectivity index (χ1n) is 4.33. The first-order valence-corrected chi connectivity index (χ1v) is 4.33. The van der Waals surface area contributed by atoms with Gasteiger partial charge in [0, 0.05) is 0 Å². The molecule has 16 heavy (non-hydrogen) atoms. The number of hydrogen-bond donors (Lipinski definition) is 0. The molecule has 0 aliphatic carbocycles. The van der Waals surface area contributed by atoms with Gasteiger partial charge in [0.1, 0.15) is 6.10 Å². The maximum Gasteiger partial charge on any atom is 0.421 e. The van der Waals surface area contributed by atoms with Gasteiger partial charge in [-0.2, -0.15) is 13.2 Å². The molecule has 0 amide bonds. The molecule has 0 spiro atoms. The fourth-order valence-electron chi connectivity index (χ4n) is 0.758. The summed E-state index contributed by atoms with van der Waals surface area (Å²) in [5.41, 5.74) is 0. The first kappa shape index (κ1) is 15.5. The van der Waals surface area contributed by atoms with E-state index in [2.05, 4.69) is 4.74 Å². The highest BCUT2D eigenvalue weighted by Gasteiger charge is 2.46. The predicted molar refractivity (Wildman–Crippen MR) is 41.9 cm³/mol. The van der Waals surface area contributed by atoms with Crippen LogP contribution in [-0.4, -0.2) is 37.2 Å². The second-order valence-electron chi connectivity index (χ2n) is 3.28. The third-order valence-electron chi connectivity index (χ3n) is 1.92. The van der Waals surface area contributed by atoms with E-state index in [4.69, 9.17) is 0 Å². The van der Waals surface area contributed by atoms with Crippen molar-refractivity contribution in [2.75, 3.05) is 6.61 Å². The van der Waals surface area contributed by atoms with Crippen molar-refractivity contribution in [2.45, 2.75) is 44.4 Å². The lowest BCUT2D eigenvalue weighted by atomic mass is 10.1. The molecule has 0 aliphatic rings. The topological polar surface area (TPSA) is 9.23 Å². The number of alkyl halides is 7. The van der Waals surface area contributed by atoms with Crippen molar-refractivity contribution in [1.29, 1.82) is 0 Å². The second kappa shape index (κ2) is 5.20. The van der Waals surface area contributed by atoms with Crippen LogP contribution in [0.3, 0.4) is 0 Å². The van der Waals surface area contributed by atoms with Crippen LogP contribution >= 0.6 is 0 Å². The van der Waals surface area contributed by atoms with Gasteiger partial charge in [0.05, 0.1) is 6.61 Å². The Hall–Kier alpha value is -0.530. The molecular formula is C8H11F7O. The summed E-state index contributed by atoms with van der Waals surface area (Å²) in [5.74, 6) is -3.95. The van der Waals surface area contributed by atoms with Crippen molar-refractivity contribution < 1.29 is 35.5 Å². The minimum absolute atomic E-state index is 0.538. The van der Waals surface area contributed by atoms with Crippen molar-refractivity contribution in [3.8, 4) is 0 Å². The average molecular weight is 256 g/mol. The van der Waals surface area contributed by atoms with Crippen molar-refractivity contribution in [2.24, 2.45) is 0 Å². The largest absolute Gasteiger partial charge is 0.421 e. The standard InChI is InChI=1S/C8H11F7O/c1-4(9)7(11,12)5(2)16-3-6(10)8(13,14)15/h4-6H,3H2,1-2H3. The lowest BCUT2D eigenvalue weighted by Gasteiger charge is -2.25. The Morgan fingerprint density at radius 1 is 1.00 bits per heavy atom. The molecule has 98 valence electrons. The zero-order chi connectivity index (χ0) is 13.1. The lowest BCUT2D eigenvalue weighted by molar-refractivity contribution is -0.217. The molecule has 0 fully saturated rings. The van der Waals surface area contributed by atoms with E-state index in [1.165, 1.54) is 0 Å². The molecule has 0 aromatic rings. The van der Waals surface area contributed by atoms with Crippen LogP contribution in [0.2, 0.25) is 0 Å². The first-order chi connectivity index (χ1) is 6.99. The van der Waals surface area contributed by atoms with E-state index in [0.717, 1.165) is 0 Å². The molecule has 0 radical (unpaired) electrons. The minimum Gasteiger partial charge on any atom is -0.369 e. The lowest BCUT2D eigenvalue weighted by Crippen LogP contribution is -2.42. The molecule has 0 saturated carbocycles. The maximum absolute atomic E-state index is 12.8. The Kier molecular flexibility index (Phi) is 5.03. The summed E-state index contributed by atoms with van der Waals surface area (Å²) in [4.78, 5) is 0. The maximum atomic E-state index is 12.8. The molecular weight excluding hydrogens is 245 g/mol. The van der Waals surface area contributed by atoms with Crippen LogP contribution in [0.5, 0.6) is 0 Å². The van der Waals surface area contributed by atoms with Gasteiger partial charge in [0.25, 0.3) is 0 Å². The number of halogens is 7. The number of ether oxygens (including phenoxy) is 1. The fraction of sp³-hybridized carbons (Fsp3) is 1.00. The van der Waals surface area contributed by atoms with Gasteiger partial charge in [0.15, 0.2) is 6.17 Å². The van der Waals surface area contributed by atoms with E-state index >= 15 is 0 Å². The molecule has 3 unspecified atom stereocenters. The van der Waals surface area contributed by atoms with Gasteiger partial charge in [0.2, 0.25) is 6.17 Å². The molecule has 1 nitrogen and oxygen atoms in total. The summed E-state index contributed by atoms with van der Waals surface area (Å²) >= 11 is 0. The van der Waals surface area contributed by atoms with Crippen molar-refractivity contribution >= 4 is 0 Å². The summed E-state index contributed by atoms with van der Waals surface area (Å²) in [5, 5.41) is 0. The van der Waals surface area contributed by atoms with Gasteiger partial charge in [-0.05, 0) is 13.8 Å². The summed E-state index contributed by atoms with van der Waals surface area (Å²) in [6.07, 6.45) is -13.3. The van der Waals surface area contributed by atoms with E-state index < -0.39 is 37.2 Å². The van der Waals surface area contributed by atoms with Crippen LogP contribution in [0, 0.1) is 0 Å². The fourth-order valence-corrected chi connectivity index (χ4v) is 0.758. The van der Waals surface area contributed by atoms with E-state index in [-0.39, 0.29) is 0 Å². The monoisotopic (exact) mass is 256 g/mol. The Labute approximate surface area is 87.6 Å². The molecule has 0 aromatic heterocycles. The highest BCUT2D eigenvalue weighted by atomic mass is 19.4. The average Bonchev–Trinajstić information content (AvgIpc) is 2.11. The van der Waals surface area contributed by atoms with Gasteiger partial charge in [-0.25, -0.2) is 17.6 Å². The molecule has 0 heterocycles. The van der Waals surface area contributed by atoms with Crippen molar-refractivity contribution in [1.82, 2.24) is 0 Å². The summed E-state index contributed by atoms with van der Waals surface area (Å²) in [7, 11) is 0. The minimum atomic E-state index is -5.17. The third kappa shape index (κ3) is 4.15. The second-order valence-corrected chi connectivity index (χ2v) is 3.28. The Morgan fingerprint density at radius 2 is 1.44 bits per heavy atom. The zero-order valence-corrected chi connectivity index (χ0v) is 8.49. The molecule has 8 heteroatoms. The van der Waals surface area contributed by atoms with E-state index in [0.29, 0.717) is 13.8 Å². The summed E-state index contributed by atoms with van der Waals surface area (Å²) in [6, 6.07) is 0. The molecule has 0 rings (SSSR count). The van der Waals surface area contributed by atoms with E-state index in [1.807, 2.05) is 0 Å². The van der Waals surface area contributed by atoms with Crippen molar-refractivity contribution in [3.05, 3.63) is 0 Å². The van der Waals surface area contributed by atoms with Gasteiger partial charge >= 0.3 is 12.1 Å². The van der Waals surface area contributed by atoms with Crippen molar-refractivity contribution in [3.63, 3.8) is 0 Å². The van der Waals surface area contributed by atoms with E-state index in [9.17, 15) is 30.7 Å². The Morgan fingerprint density at radius 3 is 1.75 bits per heavy atom. The molecule has 0 saturated heterocycles. The summed E-state index contributed by atoms with van der Waals surface area (Å²) in [6.45, 7) is -0.358. The Bertz CT molecular complexity index is 213. The zero-order valence-electron chi connectivity index (χ0n) is 8.49. The van der Waals surface area contributed by atoms with Crippen LogP contribution < -0.4 is 0 Å². The number of hydrogen-bond acceptors (Lipinski definition) is 1. The van der Waals surface area contributed by atoms with Gasteiger partial charge in [-0.3, -0.25) is 0 Å². The quantitative estimate of drug-likeness (QED) is 0.686. The van der Waals surface area contributed by atoms with E-state index in [1.54, 1.807) is 0 Å². The van der Waals surface area contributed by atoms with Gasteiger partial charge < -0.3 is 4.74 Å². The Balaban J connectivity index is 4.23. The smallest absolute Gasteiger partial charge is 0.369 e. The highest BCUT2D eigenvalue weighted by Crippen LogP contribution is 2.29. The molecule has 0 aromatic carbocycles. The van der Waals surface area contributed by atoms with Crippen LogP contribution in [0.1, 0.15) is 13.8 Å². The molecule has 3 atom stereocenters. The predicted octanol–water partition coefficient (Wildman–Crippen LogP) is 3.29. The molecule has 0 bridgehead atoms.